The molecule has 0 saturated carbocycles. The minimum Gasteiger partial charge on any atom is -0.374 e. The molecule has 6 heteroatoms. The van der Waals surface area contributed by atoms with E-state index < -0.39 is 10.0 Å². The van der Waals surface area contributed by atoms with E-state index in [4.69, 9.17) is 4.74 Å². The van der Waals surface area contributed by atoms with E-state index in [-0.39, 0.29) is 6.10 Å². The average Bonchev–Trinajstić information content (AvgIpc) is 2.46. The van der Waals surface area contributed by atoms with Crippen molar-refractivity contribution >= 4 is 10.0 Å². The summed E-state index contributed by atoms with van der Waals surface area (Å²) in [6.45, 7) is 8.04. The molecule has 1 N–H and O–H groups in total. The topological polar surface area (TPSA) is 58.6 Å². The van der Waals surface area contributed by atoms with E-state index in [0.29, 0.717) is 24.0 Å². The van der Waals surface area contributed by atoms with Gasteiger partial charge in [-0.25, -0.2) is 13.1 Å². The summed E-state index contributed by atoms with van der Waals surface area (Å²) in [5, 5.41) is 0. The van der Waals surface area contributed by atoms with E-state index in [1.165, 1.54) is 0 Å². The van der Waals surface area contributed by atoms with Crippen LogP contribution in [-0.4, -0.2) is 52.2 Å². The molecule has 1 aliphatic heterocycles. The molecule has 1 aromatic carbocycles. The lowest BCUT2D eigenvalue weighted by molar-refractivity contribution is -0.0280. The molecular formula is C15H24N2O3S. The molecule has 1 heterocycles. The van der Waals surface area contributed by atoms with Gasteiger partial charge in [0.2, 0.25) is 10.0 Å². The predicted molar refractivity (Wildman–Crippen MR) is 82.6 cm³/mol. The zero-order valence-electron chi connectivity index (χ0n) is 12.7. The van der Waals surface area contributed by atoms with Crippen LogP contribution in [0.25, 0.3) is 0 Å². The van der Waals surface area contributed by atoms with Crippen LogP contribution >= 0.6 is 0 Å². The summed E-state index contributed by atoms with van der Waals surface area (Å²) >= 11 is 0. The van der Waals surface area contributed by atoms with Gasteiger partial charge < -0.3 is 4.74 Å². The first-order chi connectivity index (χ1) is 9.97. The van der Waals surface area contributed by atoms with Crippen LogP contribution in [-0.2, 0) is 14.8 Å². The fourth-order valence-electron chi connectivity index (χ4n) is 2.47. The van der Waals surface area contributed by atoms with Gasteiger partial charge in [-0.2, -0.15) is 0 Å². The van der Waals surface area contributed by atoms with Crippen LogP contribution in [0, 0.1) is 5.92 Å². The van der Waals surface area contributed by atoms with Crippen LogP contribution in [0.5, 0.6) is 0 Å². The molecule has 5 nitrogen and oxygen atoms in total. The summed E-state index contributed by atoms with van der Waals surface area (Å²) < 4.78 is 32.6. The molecule has 1 aromatic rings. The fraction of sp³-hybridized carbons (Fsp3) is 0.600. The normalized spacial score (nSPS) is 20.8. The Morgan fingerprint density at radius 3 is 2.71 bits per heavy atom. The highest BCUT2D eigenvalue weighted by Crippen LogP contribution is 2.10. The average molecular weight is 312 g/mol. The summed E-state index contributed by atoms with van der Waals surface area (Å²) in [5.74, 6) is 0.602. The summed E-state index contributed by atoms with van der Waals surface area (Å²) in [6.07, 6.45) is -0.0870. The van der Waals surface area contributed by atoms with Crippen LogP contribution in [0.2, 0.25) is 0 Å². The van der Waals surface area contributed by atoms with E-state index >= 15 is 0 Å². The number of morpholine rings is 1. The number of rotatable bonds is 6. The third-order valence-electron chi connectivity index (χ3n) is 3.40. The quantitative estimate of drug-likeness (QED) is 0.861. The van der Waals surface area contributed by atoms with Gasteiger partial charge >= 0.3 is 0 Å². The van der Waals surface area contributed by atoms with Gasteiger partial charge in [-0.15, -0.1) is 0 Å². The van der Waals surface area contributed by atoms with Crippen LogP contribution in [0.1, 0.15) is 13.8 Å². The van der Waals surface area contributed by atoms with Gasteiger partial charge in [0.25, 0.3) is 0 Å². The Labute approximate surface area is 127 Å². The van der Waals surface area contributed by atoms with Crippen molar-refractivity contribution in [2.24, 2.45) is 5.92 Å². The van der Waals surface area contributed by atoms with Gasteiger partial charge in [0.1, 0.15) is 0 Å². The lowest BCUT2D eigenvalue weighted by Gasteiger charge is -2.33. The lowest BCUT2D eigenvalue weighted by Crippen LogP contribution is -2.48. The first-order valence-electron chi connectivity index (χ1n) is 7.36. The smallest absolute Gasteiger partial charge is 0.240 e. The highest BCUT2D eigenvalue weighted by molar-refractivity contribution is 7.89. The molecule has 0 spiro atoms. The van der Waals surface area contributed by atoms with Crippen molar-refractivity contribution in [2.45, 2.75) is 24.8 Å². The maximum atomic E-state index is 12.2. The monoisotopic (exact) mass is 312 g/mol. The van der Waals surface area contributed by atoms with Crippen molar-refractivity contribution in [2.75, 3.05) is 32.8 Å². The van der Waals surface area contributed by atoms with Crippen molar-refractivity contribution < 1.29 is 13.2 Å². The predicted octanol–water partition coefficient (Wildman–Crippen LogP) is 1.32. The summed E-state index contributed by atoms with van der Waals surface area (Å²) in [6, 6.07) is 8.42. The second-order valence-corrected chi connectivity index (χ2v) is 7.58. The molecule has 1 unspecified atom stereocenters. The Kier molecular flexibility index (Phi) is 5.75. The first-order valence-corrected chi connectivity index (χ1v) is 8.84. The number of sulfonamides is 1. The molecule has 0 radical (unpaired) electrons. The second-order valence-electron chi connectivity index (χ2n) is 5.81. The molecule has 21 heavy (non-hydrogen) atoms. The number of nitrogens with one attached hydrogen (secondary N) is 1. The molecule has 0 aliphatic carbocycles. The summed E-state index contributed by atoms with van der Waals surface area (Å²) in [7, 11) is -3.45. The fourth-order valence-corrected chi connectivity index (χ4v) is 3.56. The molecule has 118 valence electrons. The van der Waals surface area contributed by atoms with Crippen LogP contribution in [0.15, 0.2) is 35.2 Å². The van der Waals surface area contributed by atoms with Crippen molar-refractivity contribution in [1.82, 2.24) is 9.62 Å². The largest absolute Gasteiger partial charge is 0.374 e. The standard InChI is InChI=1S/C15H24N2O3S/c1-13(2)11-17-8-9-20-14(12-17)10-16-21(18,19)15-6-4-3-5-7-15/h3-7,13-14,16H,8-12H2,1-2H3. The van der Waals surface area contributed by atoms with Crippen LogP contribution in [0.3, 0.4) is 0 Å². The van der Waals surface area contributed by atoms with Crippen LogP contribution < -0.4 is 4.72 Å². The van der Waals surface area contributed by atoms with Gasteiger partial charge in [-0.1, -0.05) is 32.0 Å². The number of hydrogen-bond acceptors (Lipinski definition) is 4. The van der Waals surface area contributed by atoms with E-state index in [0.717, 1.165) is 19.6 Å². The lowest BCUT2D eigenvalue weighted by atomic mass is 10.2. The van der Waals surface area contributed by atoms with E-state index in [1.807, 2.05) is 0 Å². The molecule has 0 amide bonds. The van der Waals surface area contributed by atoms with Gasteiger partial charge in [0.15, 0.2) is 0 Å². The maximum absolute atomic E-state index is 12.2. The zero-order valence-corrected chi connectivity index (χ0v) is 13.5. The van der Waals surface area contributed by atoms with Gasteiger partial charge in [0, 0.05) is 26.2 Å². The Morgan fingerprint density at radius 2 is 2.05 bits per heavy atom. The SMILES string of the molecule is CC(C)CN1CCOC(CNS(=O)(=O)c2ccccc2)C1. The summed E-state index contributed by atoms with van der Waals surface area (Å²) in [5.41, 5.74) is 0. The minimum absolute atomic E-state index is 0.0870. The molecule has 2 rings (SSSR count). The Morgan fingerprint density at radius 1 is 1.33 bits per heavy atom. The Balaban J connectivity index is 1.88. The molecular weight excluding hydrogens is 288 g/mol. The molecule has 0 aromatic heterocycles. The minimum atomic E-state index is -3.45. The Hall–Kier alpha value is -0.950. The maximum Gasteiger partial charge on any atom is 0.240 e. The molecule has 1 atom stereocenters. The van der Waals surface area contributed by atoms with Crippen molar-refractivity contribution in [3.8, 4) is 0 Å². The van der Waals surface area contributed by atoms with E-state index in [2.05, 4.69) is 23.5 Å². The van der Waals surface area contributed by atoms with Gasteiger partial charge in [-0.05, 0) is 18.1 Å². The first kappa shape index (κ1) is 16.4. The number of nitrogens with zero attached hydrogens (tertiary/aromatic N) is 1. The van der Waals surface area contributed by atoms with E-state index in [9.17, 15) is 8.42 Å². The number of hydrogen-bond donors (Lipinski definition) is 1. The summed E-state index contributed by atoms with van der Waals surface area (Å²) in [4.78, 5) is 2.62. The van der Waals surface area contributed by atoms with Gasteiger partial charge in [0.05, 0.1) is 17.6 Å². The Bertz CT molecular complexity index is 531. The molecule has 1 saturated heterocycles. The molecule has 1 fully saturated rings. The van der Waals surface area contributed by atoms with E-state index in [1.54, 1.807) is 30.3 Å². The third-order valence-corrected chi connectivity index (χ3v) is 4.84. The molecule has 0 bridgehead atoms. The van der Waals surface area contributed by atoms with Crippen LogP contribution in [0.4, 0.5) is 0 Å². The van der Waals surface area contributed by atoms with Gasteiger partial charge in [-0.3, -0.25) is 4.90 Å². The number of benzene rings is 1. The number of ether oxygens (including phenoxy) is 1. The van der Waals surface area contributed by atoms with Crippen molar-refractivity contribution in [3.63, 3.8) is 0 Å². The second kappa shape index (κ2) is 7.35. The third kappa shape index (κ3) is 5.07. The highest BCUT2D eigenvalue weighted by Gasteiger charge is 2.23. The van der Waals surface area contributed by atoms with Crippen molar-refractivity contribution in [3.05, 3.63) is 30.3 Å². The molecule has 1 aliphatic rings. The highest BCUT2D eigenvalue weighted by atomic mass is 32.2. The zero-order chi connectivity index (χ0) is 15.3. The van der Waals surface area contributed by atoms with Crippen molar-refractivity contribution in [1.29, 1.82) is 0 Å².